The lowest BCUT2D eigenvalue weighted by Crippen LogP contribution is -2.32. The van der Waals surface area contributed by atoms with Gasteiger partial charge in [0, 0.05) is 7.11 Å². The highest BCUT2D eigenvalue weighted by Gasteiger charge is 2.23. The van der Waals surface area contributed by atoms with E-state index in [4.69, 9.17) is 4.74 Å². The fourth-order valence-electron chi connectivity index (χ4n) is 3.53. The van der Waals surface area contributed by atoms with Crippen LogP contribution in [0.3, 0.4) is 0 Å². The Morgan fingerprint density at radius 3 is 1.44 bits per heavy atom. The molecule has 0 spiro atoms. The van der Waals surface area contributed by atoms with Gasteiger partial charge in [0.2, 0.25) is 0 Å². The predicted molar refractivity (Wildman–Crippen MR) is 192 cm³/mol. The van der Waals surface area contributed by atoms with Gasteiger partial charge in [-0.15, -0.1) is 0 Å². The smallest absolute Gasteiger partial charge is 0.186 e. The fourth-order valence-corrected chi connectivity index (χ4v) is 3.53. The SMILES string of the molecule is COC(C)(C)C(=O)/C=C/C(C)=C/C=C/C(C)=C/C=C/C(C)=C/C=C\C=C(C)\C=C\C=C(/C)CC/C=C(\C)CCC=C(C)C. The van der Waals surface area contributed by atoms with E-state index in [2.05, 4.69) is 121 Å². The van der Waals surface area contributed by atoms with E-state index in [0.717, 1.165) is 36.8 Å². The molecule has 0 aromatic rings. The molecule has 0 radical (unpaired) electrons. The zero-order valence-electron chi connectivity index (χ0n) is 29.0. The van der Waals surface area contributed by atoms with Crippen molar-refractivity contribution in [1.29, 1.82) is 0 Å². The highest BCUT2D eigenvalue weighted by atomic mass is 16.5. The van der Waals surface area contributed by atoms with Gasteiger partial charge in [-0.3, -0.25) is 4.79 Å². The molecule has 0 aliphatic rings. The molecule has 2 nitrogen and oxygen atoms in total. The number of allylic oxidation sites excluding steroid dienone is 23. The molecule has 43 heavy (non-hydrogen) atoms. The van der Waals surface area contributed by atoms with E-state index in [-0.39, 0.29) is 5.78 Å². The van der Waals surface area contributed by atoms with Crippen LogP contribution < -0.4 is 0 Å². The van der Waals surface area contributed by atoms with E-state index in [1.54, 1.807) is 27.0 Å². The second kappa shape index (κ2) is 23.0. The van der Waals surface area contributed by atoms with E-state index in [1.807, 2.05) is 31.2 Å². The van der Waals surface area contributed by atoms with Crippen LogP contribution in [-0.4, -0.2) is 18.5 Å². The number of carbonyl (C=O) groups is 1. The highest BCUT2D eigenvalue weighted by Crippen LogP contribution is 2.12. The highest BCUT2D eigenvalue weighted by molar-refractivity contribution is 5.96. The summed E-state index contributed by atoms with van der Waals surface area (Å²) >= 11 is 0. The summed E-state index contributed by atoms with van der Waals surface area (Å²) in [5.74, 6) is -0.0526. The van der Waals surface area contributed by atoms with Crippen LogP contribution in [0.2, 0.25) is 0 Å². The Hall–Kier alpha value is -3.49. The average molecular weight is 583 g/mol. The quantitative estimate of drug-likeness (QED) is 0.0912. The molecule has 0 saturated heterocycles. The average Bonchev–Trinajstić information content (AvgIpc) is 2.93. The van der Waals surface area contributed by atoms with Crippen molar-refractivity contribution in [2.24, 2.45) is 0 Å². The molecule has 0 heterocycles. The summed E-state index contributed by atoms with van der Waals surface area (Å²) in [4.78, 5) is 12.1. The Morgan fingerprint density at radius 2 is 0.953 bits per heavy atom. The molecule has 0 aromatic carbocycles. The molecule has 0 N–H and O–H groups in total. The molecular weight excluding hydrogens is 524 g/mol. The number of ether oxygens (including phenoxy) is 1. The van der Waals surface area contributed by atoms with E-state index in [0.29, 0.717) is 0 Å². The topological polar surface area (TPSA) is 26.3 Å². The maximum absolute atomic E-state index is 12.1. The number of methoxy groups -OCH3 is 1. The summed E-state index contributed by atoms with van der Waals surface area (Å²) in [5.41, 5.74) is 8.01. The van der Waals surface area contributed by atoms with Crippen LogP contribution in [0.4, 0.5) is 0 Å². The number of ketones is 1. The molecule has 2 heteroatoms. The van der Waals surface area contributed by atoms with Gasteiger partial charge in [-0.05, 0) is 101 Å². The van der Waals surface area contributed by atoms with Crippen LogP contribution >= 0.6 is 0 Å². The minimum atomic E-state index is -0.799. The first-order valence-electron chi connectivity index (χ1n) is 15.4. The molecule has 0 atom stereocenters. The number of hydrogen-bond acceptors (Lipinski definition) is 2. The normalized spacial score (nSPS) is 15.3. The van der Waals surface area contributed by atoms with Crippen molar-refractivity contribution in [3.05, 3.63) is 142 Å². The molecular formula is C41H58O2. The van der Waals surface area contributed by atoms with Gasteiger partial charge < -0.3 is 4.74 Å². The van der Waals surface area contributed by atoms with Crippen molar-refractivity contribution < 1.29 is 9.53 Å². The lowest BCUT2D eigenvalue weighted by Gasteiger charge is -2.18. The van der Waals surface area contributed by atoms with Crippen molar-refractivity contribution in [3.63, 3.8) is 0 Å². The summed E-state index contributed by atoms with van der Waals surface area (Å²) in [7, 11) is 1.55. The van der Waals surface area contributed by atoms with E-state index in [9.17, 15) is 4.79 Å². The first-order valence-corrected chi connectivity index (χ1v) is 15.4. The first kappa shape index (κ1) is 39.5. The first-order chi connectivity index (χ1) is 20.3. The molecule has 0 aliphatic carbocycles. The van der Waals surface area contributed by atoms with Gasteiger partial charge in [0.1, 0.15) is 5.60 Å². The van der Waals surface area contributed by atoms with Gasteiger partial charge in [-0.2, -0.15) is 0 Å². The Labute approximate surface area is 264 Å². The van der Waals surface area contributed by atoms with Crippen LogP contribution in [0.5, 0.6) is 0 Å². The van der Waals surface area contributed by atoms with Gasteiger partial charge in [-0.1, -0.05) is 136 Å². The van der Waals surface area contributed by atoms with Crippen LogP contribution in [0.15, 0.2) is 142 Å². The maximum Gasteiger partial charge on any atom is 0.186 e. The monoisotopic (exact) mass is 582 g/mol. The van der Waals surface area contributed by atoms with E-state index in [1.165, 1.54) is 27.9 Å². The molecule has 0 aromatic heterocycles. The fraction of sp³-hybridized carbons (Fsp3) is 0.390. The standard InChI is InChI=1S/C41H58O2/c1-33(2)19-14-22-36(5)25-17-28-37(6)26-15-23-34(3)20-12-13-21-35(4)24-16-27-38(7)29-18-30-39(8)31-32-40(42)41(9,10)43-11/h12-13,15-16,18-21,23-27,29-32H,14,17,22,28H2,1-11H3/b13-12-,23-15+,24-16+,29-18+,32-31+,34-20+,35-21+,36-25+,37-26+,38-27+,39-30+. The summed E-state index contributed by atoms with van der Waals surface area (Å²) in [6.07, 6.45) is 39.7. The van der Waals surface area contributed by atoms with Gasteiger partial charge in [0.05, 0.1) is 0 Å². The van der Waals surface area contributed by atoms with Gasteiger partial charge in [0.15, 0.2) is 5.78 Å². The second-order valence-electron chi connectivity index (χ2n) is 11.9. The molecule has 0 saturated carbocycles. The van der Waals surface area contributed by atoms with E-state index < -0.39 is 5.60 Å². The van der Waals surface area contributed by atoms with Crippen LogP contribution in [-0.2, 0) is 9.53 Å². The summed E-state index contributed by atoms with van der Waals surface area (Å²) < 4.78 is 5.21. The summed E-state index contributed by atoms with van der Waals surface area (Å²) in [6.45, 7) is 20.5. The van der Waals surface area contributed by atoms with Gasteiger partial charge >= 0.3 is 0 Å². The predicted octanol–water partition coefficient (Wildman–Crippen LogP) is 12.0. The Kier molecular flexibility index (Phi) is 21.2. The largest absolute Gasteiger partial charge is 0.371 e. The molecule has 0 amide bonds. The van der Waals surface area contributed by atoms with Crippen LogP contribution in [0, 0.1) is 0 Å². The Balaban J connectivity index is 4.73. The van der Waals surface area contributed by atoms with Crippen LogP contribution in [0.25, 0.3) is 0 Å². The molecule has 0 bridgehead atoms. The van der Waals surface area contributed by atoms with Crippen LogP contribution in [0.1, 0.15) is 94.9 Å². The Morgan fingerprint density at radius 1 is 0.535 bits per heavy atom. The lowest BCUT2D eigenvalue weighted by molar-refractivity contribution is -0.131. The molecule has 234 valence electrons. The second-order valence-corrected chi connectivity index (χ2v) is 11.9. The summed E-state index contributed by atoms with van der Waals surface area (Å²) in [6, 6.07) is 0. The van der Waals surface area contributed by atoms with Gasteiger partial charge in [-0.25, -0.2) is 0 Å². The lowest BCUT2D eigenvalue weighted by atomic mass is 10.0. The van der Waals surface area contributed by atoms with Crippen molar-refractivity contribution in [1.82, 2.24) is 0 Å². The van der Waals surface area contributed by atoms with Crippen molar-refractivity contribution in [2.45, 2.75) is 101 Å². The van der Waals surface area contributed by atoms with Crippen molar-refractivity contribution in [3.8, 4) is 0 Å². The molecule has 0 aliphatic heterocycles. The van der Waals surface area contributed by atoms with E-state index >= 15 is 0 Å². The molecule has 0 rings (SSSR count). The number of carbonyl (C=O) groups excluding carboxylic acids is 1. The Bertz CT molecular complexity index is 1230. The minimum absolute atomic E-state index is 0.0526. The number of hydrogen-bond donors (Lipinski definition) is 0. The molecule has 0 fully saturated rings. The van der Waals surface area contributed by atoms with Gasteiger partial charge in [0.25, 0.3) is 0 Å². The summed E-state index contributed by atoms with van der Waals surface area (Å²) in [5, 5.41) is 0. The zero-order chi connectivity index (χ0) is 32.7. The van der Waals surface area contributed by atoms with Crippen molar-refractivity contribution >= 4 is 5.78 Å². The minimum Gasteiger partial charge on any atom is -0.371 e. The third-order valence-corrected chi connectivity index (χ3v) is 6.73. The van der Waals surface area contributed by atoms with Crippen molar-refractivity contribution in [2.75, 3.05) is 7.11 Å². The molecule has 0 unspecified atom stereocenters. The third-order valence-electron chi connectivity index (χ3n) is 6.73. The third kappa shape index (κ3) is 22.7. The zero-order valence-corrected chi connectivity index (χ0v) is 29.0. The maximum atomic E-state index is 12.1. The number of rotatable bonds is 18.